The summed E-state index contributed by atoms with van der Waals surface area (Å²) < 4.78 is 0. The van der Waals surface area contributed by atoms with Crippen LogP contribution in [-0.4, -0.2) is 0 Å². The molecule has 19 heavy (non-hydrogen) atoms. The Morgan fingerprint density at radius 3 is 2.37 bits per heavy atom. The van der Waals surface area contributed by atoms with Crippen LogP contribution in [-0.2, 0) is 6.42 Å². The third-order valence-corrected chi connectivity index (χ3v) is 3.19. The van der Waals surface area contributed by atoms with Crippen molar-refractivity contribution in [2.24, 2.45) is 5.73 Å². The molecule has 2 aromatic rings. The van der Waals surface area contributed by atoms with E-state index in [-0.39, 0.29) is 0 Å². The lowest BCUT2D eigenvalue weighted by atomic mass is 10.0. The van der Waals surface area contributed by atoms with Crippen LogP contribution in [0.1, 0.15) is 16.7 Å². The molecule has 0 unspecified atom stereocenters. The molecule has 2 N–H and O–H groups in total. The lowest BCUT2D eigenvalue weighted by molar-refractivity contribution is 1.21. The number of hydrogen-bond donors (Lipinski definition) is 1. The van der Waals surface area contributed by atoms with Gasteiger partial charge in [0.15, 0.2) is 0 Å². The molecule has 0 radical (unpaired) electrons. The van der Waals surface area contributed by atoms with Gasteiger partial charge < -0.3 is 5.73 Å². The van der Waals surface area contributed by atoms with Gasteiger partial charge in [0.05, 0.1) is 0 Å². The number of benzene rings is 2. The van der Waals surface area contributed by atoms with Gasteiger partial charge in [-0.05, 0) is 47.9 Å². The Balaban J connectivity index is 2.26. The van der Waals surface area contributed by atoms with Gasteiger partial charge in [-0.15, -0.1) is 0 Å². The summed E-state index contributed by atoms with van der Waals surface area (Å²) in [5.41, 5.74) is 10.6. The van der Waals surface area contributed by atoms with E-state index in [0.29, 0.717) is 0 Å². The van der Waals surface area contributed by atoms with Crippen LogP contribution in [0.4, 0.5) is 0 Å². The Kier molecular flexibility index (Phi) is 4.57. The molecule has 96 valence electrons. The average molecular weight is 249 g/mol. The second kappa shape index (κ2) is 6.60. The van der Waals surface area contributed by atoms with E-state index in [1.807, 2.05) is 24.3 Å². The lowest BCUT2D eigenvalue weighted by Gasteiger charge is -2.05. The predicted octanol–water partition coefficient (Wildman–Crippen LogP) is 4.09. The number of aryl methyl sites for hydroxylation is 1. The summed E-state index contributed by atoms with van der Waals surface area (Å²) in [6.07, 6.45) is 6.69. The van der Waals surface area contributed by atoms with E-state index >= 15 is 0 Å². The van der Waals surface area contributed by atoms with E-state index in [0.717, 1.165) is 12.0 Å². The SMILES string of the molecule is Cc1ccccc1C/C=C(\C=C/N)c1ccccc1. The van der Waals surface area contributed by atoms with E-state index in [1.54, 1.807) is 6.20 Å². The van der Waals surface area contributed by atoms with Gasteiger partial charge in [0.2, 0.25) is 0 Å². The van der Waals surface area contributed by atoms with Crippen molar-refractivity contribution < 1.29 is 0 Å². The fourth-order valence-corrected chi connectivity index (χ4v) is 2.08. The van der Waals surface area contributed by atoms with Gasteiger partial charge in [0.1, 0.15) is 0 Å². The summed E-state index contributed by atoms with van der Waals surface area (Å²) in [6, 6.07) is 18.8. The van der Waals surface area contributed by atoms with Crippen LogP contribution < -0.4 is 5.73 Å². The smallest absolute Gasteiger partial charge is 0.00563 e. The first kappa shape index (κ1) is 13.2. The molecule has 2 rings (SSSR count). The van der Waals surface area contributed by atoms with Crippen molar-refractivity contribution in [1.82, 2.24) is 0 Å². The summed E-state index contributed by atoms with van der Waals surface area (Å²) >= 11 is 0. The van der Waals surface area contributed by atoms with Gasteiger partial charge in [-0.3, -0.25) is 0 Å². The Labute approximate surface area is 115 Å². The molecule has 0 aliphatic carbocycles. The largest absolute Gasteiger partial charge is 0.405 e. The van der Waals surface area contributed by atoms with Crippen LogP contribution in [0.2, 0.25) is 0 Å². The molecule has 0 fully saturated rings. The molecule has 0 aromatic heterocycles. The summed E-state index contributed by atoms with van der Waals surface area (Å²) in [6.45, 7) is 2.14. The minimum absolute atomic E-state index is 0.918. The summed E-state index contributed by atoms with van der Waals surface area (Å²) in [4.78, 5) is 0. The minimum atomic E-state index is 0.918. The maximum atomic E-state index is 5.54. The van der Waals surface area contributed by atoms with Crippen LogP contribution in [0, 0.1) is 6.92 Å². The van der Waals surface area contributed by atoms with Gasteiger partial charge in [0.25, 0.3) is 0 Å². The fraction of sp³-hybridized carbons (Fsp3) is 0.111. The molecule has 1 heteroatoms. The molecule has 0 atom stereocenters. The van der Waals surface area contributed by atoms with Crippen molar-refractivity contribution in [3.05, 3.63) is 89.6 Å². The number of hydrogen-bond acceptors (Lipinski definition) is 1. The van der Waals surface area contributed by atoms with E-state index < -0.39 is 0 Å². The van der Waals surface area contributed by atoms with Crippen molar-refractivity contribution in [2.75, 3.05) is 0 Å². The van der Waals surface area contributed by atoms with Crippen LogP contribution in [0.25, 0.3) is 5.57 Å². The Morgan fingerprint density at radius 2 is 1.68 bits per heavy atom. The van der Waals surface area contributed by atoms with E-state index in [2.05, 4.69) is 49.4 Å². The molecule has 0 aliphatic rings. The molecular formula is C18H19N. The van der Waals surface area contributed by atoms with Crippen molar-refractivity contribution in [3.8, 4) is 0 Å². The monoisotopic (exact) mass is 249 g/mol. The van der Waals surface area contributed by atoms with E-state index in [9.17, 15) is 0 Å². The van der Waals surface area contributed by atoms with Crippen molar-refractivity contribution in [2.45, 2.75) is 13.3 Å². The zero-order chi connectivity index (χ0) is 13.5. The van der Waals surface area contributed by atoms with Crippen LogP contribution >= 0.6 is 0 Å². The third kappa shape index (κ3) is 3.59. The molecule has 0 bridgehead atoms. The predicted molar refractivity (Wildman–Crippen MR) is 82.6 cm³/mol. The molecular weight excluding hydrogens is 230 g/mol. The first-order chi connectivity index (χ1) is 9.31. The van der Waals surface area contributed by atoms with Gasteiger partial charge in [0, 0.05) is 0 Å². The quantitative estimate of drug-likeness (QED) is 0.811. The second-order valence-corrected chi connectivity index (χ2v) is 4.52. The normalized spacial score (nSPS) is 11.9. The first-order valence-electron chi connectivity index (χ1n) is 6.49. The third-order valence-electron chi connectivity index (χ3n) is 3.19. The summed E-state index contributed by atoms with van der Waals surface area (Å²) in [5.74, 6) is 0. The van der Waals surface area contributed by atoms with Gasteiger partial charge in [-0.1, -0.05) is 60.7 Å². The molecule has 1 nitrogen and oxygen atoms in total. The fourth-order valence-electron chi connectivity index (χ4n) is 2.08. The van der Waals surface area contributed by atoms with Crippen molar-refractivity contribution in [3.63, 3.8) is 0 Å². The molecule has 0 saturated heterocycles. The lowest BCUT2D eigenvalue weighted by Crippen LogP contribution is -1.89. The van der Waals surface area contributed by atoms with Gasteiger partial charge in [-0.2, -0.15) is 0 Å². The summed E-state index contributed by atoms with van der Waals surface area (Å²) in [7, 11) is 0. The van der Waals surface area contributed by atoms with Crippen molar-refractivity contribution >= 4 is 5.57 Å². The number of rotatable bonds is 4. The van der Waals surface area contributed by atoms with E-state index in [1.165, 1.54) is 16.7 Å². The molecule has 0 saturated carbocycles. The standard InChI is InChI=1S/C18H19N/c1-15-7-5-6-8-16(15)11-12-18(13-14-19)17-9-3-2-4-10-17/h2-10,12-14H,11,19H2,1H3/b14-13-,18-12+. The molecule has 0 spiro atoms. The highest BCUT2D eigenvalue weighted by molar-refractivity contribution is 5.74. The maximum absolute atomic E-state index is 5.54. The molecule has 2 aromatic carbocycles. The topological polar surface area (TPSA) is 26.0 Å². The van der Waals surface area contributed by atoms with E-state index in [4.69, 9.17) is 5.73 Å². The first-order valence-corrected chi connectivity index (χ1v) is 6.49. The zero-order valence-corrected chi connectivity index (χ0v) is 11.2. The zero-order valence-electron chi connectivity index (χ0n) is 11.2. The molecule has 0 aliphatic heterocycles. The minimum Gasteiger partial charge on any atom is -0.405 e. The summed E-state index contributed by atoms with van der Waals surface area (Å²) in [5, 5.41) is 0. The number of allylic oxidation sites excluding steroid dienone is 3. The van der Waals surface area contributed by atoms with Crippen LogP contribution in [0.3, 0.4) is 0 Å². The molecule has 0 amide bonds. The number of nitrogens with two attached hydrogens (primary N) is 1. The maximum Gasteiger partial charge on any atom is -0.00563 e. The Morgan fingerprint density at radius 1 is 1.00 bits per heavy atom. The Bertz CT molecular complexity index is 580. The highest BCUT2D eigenvalue weighted by Gasteiger charge is 1.99. The van der Waals surface area contributed by atoms with Crippen LogP contribution in [0.5, 0.6) is 0 Å². The highest BCUT2D eigenvalue weighted by atomic mass is 14.5. The average Bonchev–Trinajstić information content (AvgIpc) is 2.46. The van der Waals surface area contributed by atoms with Crippen molar-refractivity contribution in [1.29, 1.82) is 0 Å². The van der Waals surface area contributed by atoms with Crippen LogP contribution in [0.15, 0.2) is 72.9 Å². The van der Waals surface area contributed by atoms with Gasteiger partial charge >= 0.3 is 0 Å². The Hall–Kier alpha value is -2.28. The molecule has 0 heterocycles. The second-order valence-electron chi connectivity index (χ2n) is 4.52. The van der Waals surface area contributed by atoms with Gasteiger partial charge in [-0.25, -0.2) is 0 Å². The highest BCUT2D eigenvalue weighted by Crippen LogP contribution is 2.17.